The zero-order valence-corrected chi connectivity index (χ0v) is 15.1. The summed E-state index contributed by atoms with van der Waals surface area (Å²) in [6.07, 6.45) is -2.57. The van der Waals surface area contributed by atoms with E-state index in [1.807, 2.05) is 0 Å². The van der Waals surface area contributed by atoms with E-state index in [2.05, 4.69) is 33.8 Å². The standard InChI is InChI=1S/C18H21F3N4O2/c1-11(2)9-12-7-8-25(10-12)17(26)22-14-5-3-13(4-6-14)15-23-16(27-24-15)18(19,20)21/h3-6,11-12H,7-10H2,1-2H3,(H,22,26). The van der Waals surface area contributed by atoms with Gasteiger partial charge in [0.25, 0.3) is 0 Å². The van der Waals surface area contributed by atoms with Crippen molar-refractivity contribution in [1.29, 1.82) is 0 Å². The molecule has 1 aromatic carbocycles. The number of alkyl halides is 3. The van der Waals surface area contributed by atoms with Crippen LogP contribution in [0.15, 0.2) is 28.8 Å². The molecule has 1 unspecified atom stereocenters. The molecule has 1 fully saturated rings. The molecular formula is C18H21F3N4O2. The zero-order chi connectivity index (χ0) is 19.6. The fourth-order valence-corrected chi connectivity index (χ4v) is 3.24. The van der Waals surface area contributed by atoms with Crippen LogP contribution in [0.5, 0.6) is 0 Å². The Kier molecular flexibility index (Phi) is 5.38. The molecule has 2 aromatic rings. The quantitative estimate of drug-likeness (QED) is 0.835. The number of benzene rings is 1. The molecule has 0 bridgehead atoms. The molecule has 0 spiro atoms. The van der Waals surface area contributed by atoms with Crippen LogP contribution < -0.4 is 5.32 Å². The molecule has 0 aliphatic carbocycles. The summed E-state index contributed by atoms with van der Waals surface area (Å²) in [5, 5.41) is 6.15. The van der Waals surface area contributed by atoms with Gasteiger partial charge in [0.2, 0.25) is 5.82 Å². The molecule has 1 atom stereocenters. The topological polar surface area (TPSA) is 71.3 Å². The summed E-state index contributed by atoms with van der Waals surface area (Å²) in [6.45, 7) is 5.81. The average molecular weight is 382 g/mol. The maximum absolute atomic E-state index is 12.5. The van der Waals surface area contributed by atoms with Crippen molar-refractivity contribution >= 4 is 11.7 Å². The molecule has 0 radical (unpaired) electrons. The van der Waals surface area contributed by atoms with Gasteiger partial charge in [-0.3, -0.25) is 0 Å². The largest absolute Gasteiger partial charge is 0.471 e. The van der Waals surface area contributed by atoms with Gasteiger partial charge in [-0.25, -0.2) is 4.79 Å². The van der Waals surface area contributed by atoms with Crippen molar-refractivity contribution < 1.29 is 22.5 Å². The van der Waals surface area contributed by atoms with Gasteiger partial charge < -0.3 is 14.7 Å². The number of nitrogens with one attached hydrogen (secondary N) is 1. The van der Waals surface area contributed by atoms with Crippen LogP contribution in [-0.2, 0) is 6.18 Å². The molecule has 3 rings (SSSR count). The first-order valence-corrected chi connectivity index (χ1v) is 8.79. The Morgan fingerprint density at radius 2 is 2.04 bits per heavy atom. The van der Waals surface area contributed by atoms with Crippen LogP contribution in [0.1, 0.15) is 32.6 Å². The van der Waals surface area contributed by atoms with Gasteiger partial charge in [0.15, 0.2) is 0 Å². The number of nitrogens with zero attached hydrogens (tertiary/aromatic N) is 3. The van der Waals surface area contributed by atoms with Gasteiger partial charge >= 0.3 is 18.1 Å². The highest BCUT2D eigenvalue weighted by atomic mass is 19.4. The van der Waals surface area contributed by atoms with Crippen LogP contribution in [0.3, 0.4) is 0 Å². The van der Waals surface area contributed by atoms with Crippen molar-refractivity contribution in [3.05, 3.63) is 30.2 Å². The van der Waals surface area contributed by atoms with Crippen molar-refractivity contribution in [1.82, 2.24) is 15.0 Å². The average Bonchev–Trinajstić information content (AvgIpc) is 3.24. The third-order valence-corrected chi connectivity index (χ3v) is 4.44. The molecule has 1 aromatic heterocycles. The summed E-state index contributed by atoms with van der Waals surface area (Å²) < 4.78 is 41.8. The van der Waals surface area contributed by atoms with E-state index in [1.54, 1.807) is 17.0 Å². The number of amides is 2. The minimum atomic E-state index is -4.68. The number of anilines is 1. The lowest BCUT2D eigenvalue weighted by molar-refractivity contribution is -0.159. The van der Waals surface area contributed by atoms with Crippen LogP contribution in [0.4, 0.5) is 23.7 Å². The number of hydrogen-bond donors (Lipinski definition) is 1. The third kappa shape index (κ3) is 4.78. The Morgan fingerprint density at radius 3 is 2.63 bits per heavy atom. The third-order valence-electron chi connectivity index (χ3n) is 4.44. The van der Waals surface area contributed by atoms with Crippen LogP contribution in [-0.4, -0.2) is 34.2 Å². The number of likely N-dealkylation sites (tertiary alicyclic amines) is 1. The first-order valence-electron chi connectivity index (χ1n) is 8.79. The molecule has 27 heavy (non-hydrogen) atoms. The molecule has 1 aliphatic heterocycles. The molecule has 1 aliphatic rings. The van der Waals surface area contributed by atoms with Gasteiger partial charge in [-0.1, -0.05) is 19.0 Å². The van der Waals surface area contributed by atoms with E-state index in [0.29, 0.717) is 23.1 Å². The lowest BCUT2D eigenvalue weighted by atomic mass is 9.97. The summed E-state index contributed by atoms with van der Waals surface area (Å²) in [6, 6.07) is 6.09. The number of halogens is 3. The number of aromatic nitrogens is 2. The summed E-state index contributed by atoms with van der Waals surface area (Å²) >= 11 is 0. The number of urea groups is 1. The zero-order valence-electron chi connectivity index (χ0n) is 15.1. The van der Waals surface area contributed by atoms with Crippen molar-refractivity contribution in [3.8, 4) is 11.4 Å². The lowest BCUT2D eigenvalue weighted by Gasteiger charge is -2.18. The highest BCUT2D eigenvalue weighted by Crippen LogP contribution is 2.29. The highest BCUT2D eigenvalue weighted by molar-refractivity contribution is 5.89. The van der Waals surface area contributed by atoms with Gasteiger partial charge in [0.1, 0.15) is 0 Å². The Morgan fingerprint density at radius 1 is 1.33 bits per heavy atom. The fraction of sp³-hybridized carbons (Fsp3) is 0.500. The molecule has 1 saturated heterocycles. The summed E-state index contributed by atoms with van der Waals surface area (Å²) in [5.74, 6) is -0.413. The first-order chi connectivity index (χ1) is 12.7. The monoisotopic (exact) mass is 382 g/mol. The van der Waals surface area contributed by atoms with E-state index >= 15 is 0 Å². The summed E-state index contributed by atoms with van der Waals surface area (Å²) in [5.41, 5.74) is 0.918. The second-order valence-corrected chi connectivity index (χ2v) is 7.16. The summed E-state index contributed by atoms with van der Waals surface area (Å²) in [4.78, 5) is 17.5. The second-order valence-electron chi connectivity index (χ2n) is 7.16. The minimum absolute atomic E-state index is 0.156. The molecule has 146 valence electrons. The molecule has 9 heteroatoms. The normalized spacial score (nSPS) is 17.6. The van der Waals surface area contributed by atoms with Gasteiger partial charge in [-0.15, -0.1) is 0 Å². The van der Waals surface area contributed by atoms with E-state index in [-0.39, 0.29) is 11.9 Å². The SMILES string of the molecule is CC(C)CC1CCN(C(=O)Nc2ccc(-c3noc(C(F)(F)F)n3)cc2)C1. The van der Waals surface area contributed by atoms with Crippen LogP contribution in [0.2, 0.25) is 0 Å². The molecule has 2 amide bonds. The molecule has 2 heterocycles. The van der Waals surface area contributed by atoms with Crippen LogP contribution in [0.25, 0.3) is 11.4 Å². The maximum atomic E-state index is 12.5. The van der Waals surface area contributed by atoms with Crippen molar-refractivity contribution in [3.63, 3.8) is 0 Å². The second kappa shape index (κ2) is 7.58. The Bertz CT molecular complexity index is 787. The molecule has 1 N–H and O–H groups in total. The molecular weight excluding hydrogens is 361 g/mol. The predicted octanol–water partition coefficient (Wildman–Crippen LogP) is 4.66. The van der Waals surface area contributed by atoms with Crippen molar-refractivity contribution in [2.45, 2.75) is 32.9 Å². The van der Waals surface area contributed by atoms with Crippen LogP contribution >= 0.6 is 0 Å². The predicted molar refractivity (Wildman–Crippen MR) is 92.9 cm³/mol. The Labute approximate surface area is 154 Å². The van der Waals surface area contributed by atoms with E-state index in [9.17, 15) is 18.0 Å². The highest BCUT2D eigenvalue weighted by Gasteiger charge is 2.38. The van der Waals surface area contributed by atoms with Gasteiger partial charge in [-0.2, -0.15) is 18.2 Å². The summed E-state index contributed by atoms with van der Waals surface area (Å²) in [7, 11) is 0. The maximum Gasteiger partial charge on any atom is 0.471 e. The first kappa shape index (κ1) is 19.2. The number of hydrogen-bond acceptors (Lipinski definition) is 4. The number of rotatable bonds is 4. The van der Waals surface area contributed by atoms with E-state index in [4.69, 9.17) is 0 Å². The van der Waals surface area contributed by atoms with Crippen molar-refractivity contribution in [2.24, 2.45) is 11.8 Å². The van der Waals surface area contributed by atoms with Gasteiger partial charge in [-0.05, 0) is 48.9 Å². The van der Waals surface area contributed by atoms with E-state index in [0.717, 1.165) is 25.9 Å². The smallest absolute Gasteiger partial charge is 0.329 e. The fourth-order valence-electron chi connectivity index (χ4n) is 3.24. The number of carbonyl (C=O) groups excluding carboxylic acids is 1. The lowest BCUT2D eigenvalue weighted by Crippen LogP contribution is -2.33. The van der Waals surface area contributed by atoms with Gasteiger partial charge in [0.05, 0.1) is 0 Å². The number of carbonyl (C=O) groups is 1. The van der Waals surface area contributed by atoms with Crippen molar-refractivity contribution in [2.75, 3.05) is 18.4 Å². The minimum Gasteiger partial charge on any atom is -0.329 e. The van der Waals surface area contributed by atoms with E-state index < -0.39 is 12.1 Å². The Hall–Kier alpha value is -2.58. The van der Waals surface area contributed by atoms with Gasteiger partial charge in [0, 0.05) is 24.3 Å². The molecule has 0 saturated carbocycles. The van der Waals surface area contributed by atoms with E-state index in [1.165, 1.54) is 12.1 Å². The van der Waals surface area contributed by atoms with Crippen LogP contribution in [0, 0.1) is 11.8 Å². The Balaban J connectivity index is 1.59. The molecule has 6 nitrogen and oxygen atoms in total.